The summed E-state index contributed by atoms with van der Waals surface area (Å²) in [5, 5.41) is 0.358. The summed E-state index contributed by atoms with van der Waals surface area (Å²) in [6.45, 7) is 0.0438. The molecule has 22 heavy (non-hydrogen) atoms. The fraction of sp³-hybridized carbons (Fsp3) is 0.154. The second-order valence-corrected chi connectivity index (χ2v) is 5.60. The Morgan fingerprint density at radius 3 is 2.91 bits per heavy atom. The first-order valence-electron chi connectivity index (χ1n) is 6.11. The summed E-state index contributed by atoms with van der Waals surface area (Å²) in [5.41, 5.74) is 6.53. The third-order valence-corrected chi connectivity index (χ3v) is 3.89. The van der Waals surface area contributed by atoms with E-state index < -0.39 is 5.82 Å². The van der Waals surface area contributed by atoms with E-state index in [2.05, 4.69) is 15.0 Å². The van der Waals surface area contributed by atoms with E-state index in [1.54, 1.807) is 6.07 Å². The summed E-state index contributed by atoms with van der Waals surface area (Å²) in [6, 6.07) is 3.06. The van der Waals surface area contributed by atoms with E-state index >= 15 is 0 Å². The Balaban J connectivity index is 1.95. The minimum atomic E-state index is -0.537. The van der Waals surface area contributed by atoms with Gasteiger partial charge >= 0.3 is 0 Å². The second kappa shape index (κ2) is 5.90. The van der Waals surface area contributed by atoms with Crippen LogP contribution in [-0.4, -0.2) is 22.1 Å². The van der Waals surface area contributed by atoms with E-state index in [4.69, 9.17) is 26.8 Å². The molecule has 0 spiro atoms. The molecule has 0 saturated heterocycles. The maximum atomic E-state index is 14.5. The third-order valence-electron chi connectivity index (χ3n) is 2.83. The quantitative estimate of drug-likeness (QED) is 0.735. The number of fused-ring (bicyclic) bond motifs is 1. The maximum Gasteiger partial charge on any atom is 0.222 e. The van der Waals surface area contributed by atoms with Gasteiger partial charge in [0.2, 0.25) is 5.28 Å². The van der Waals surface area contributed by atoms with Gasteiger partial charge in [-0.2, -0.15) is 0 Å². The lowest BCUT2D eigenvalue weighted by Gasteiger charge is -2.09. The van der Waals surface area contributed by atoms with Crippen LogP contribution in [0, 0.1) is 5.82 Å². The Labute approximate surface area is 133 Å². The molecule has 2 N–H and O–H groups in total. The maximum absolute atomic E-state index is 14.5. The zero-order valence-electron chi connectivity index (χ0n) is 11.3. The molecule has 0 fully saturated rings. The Morgan fingerprint density at radius 1 is 1.36 bits per heavy atom. The van der Waals surface area contributed by atoms with Crippen LogP contribution in [0.25, 0.3) is 10.2 Å². The Hall–Kier alpha value is -2.19. The molecule has 6 nitrogen and oxygen atoms in total. The van der Waals surface area contributed by atoms with E-state index in [1.165, 1.54) is 19.4 Å². The molecule has 0 radical (unpaired) electrons. The van der Waals surface area contributed by atoms with Gasteiger partial charge in [0.1, 0.15) is 17.9 Å². The molecule has 3 rings (SSSR count). The molecule has 1 aromatic carbocycles. The van der Waals surface area contributed by atoms with Gasteiger partial charge < -0.3 is 15.2 Å². The highest BCUT2D eigenvalue weighted by Crippen LogP contribution is 2.38. The fourth-order valence-corrected chi connectivity index (χ4v) is 2.82. The Bertz CT molecular complexity index is 842. The minimum Gasteiger partial charge on any atom is -0.494 e. The van der Waals surface area contributed by atoms with Crippen LogP contribution in [0.5, 0.6) is 11.5 Å². The topological polar surface area (TPSA) is 83.2 Å². The van der Waals surface area contributed by atoms with Crippen LogP contribution in [0.4, 0.5) is 9.52 Å². The number of nitrogen functional groups attached to an aromatic ring is 1. The summed E-state index contributed by atoms with van der Waals surface area (Å²) in [7, 11) is 1.47. The third kappa shape index (κ3) is 2.75. The summed E-state index contributed by atoms with van der Waals surface area (Å²) in [4.78, 5) is 11.8. The van der Waals surface area contributed by atoms with Gasteiger partial charge in [0.15, 0.2) is 16.7 Å². The number of hydrogen-bond donors (Lipinski definition) is 1. The monoisotopic (exact) mass is 340 g/mol. The number of methoxy groups -OCH3 is 1. The van der Waals surface area contributed by atoms with E-state index in [0.717, 1.165) is 11.3 Å². The van der Waals surface area contributed by atoms with Gasteiger partial charge in [0, 0.05) is 12.3 Å². The molecule has 0 atom stereocenters. The van der Waals surface area contributed by atoms with Crippen molar-refractivity contribution in [1.29, 1.82) is 0 Å². The van der Waals surface area contributed by atoms with E-state index in [1.807, 2.05) is 0 Å². The average Bonchev–Trinajstić information content (AvgIpc) is 2.89. The number of nitrogens with zero attached hydrogens (tertiary/aromatic N) is 3. The molecule has 2 heterocycles. The molecular weight excluding hydrogens is 331 g/mol. The van der Waals surface area contributed by atoms with Crippen LogP contribution in [0.15, 0.2) is 18.3 Å². The molecule has 0 unspecified atom stereocenters. The van der Waals surface area contributed by atoms with Crippen molar-refractivity contribution in [2.75, 3.05) is 12.8 Å². The van der Waals surface area contributed by atoms with Crippen molar-refractivity contribution in [3.8, 4) is 11.5 Å². The van der Waals surface area contributed by atoms with Gasteiger partial charge in [0.05, 0.1) is 17.5 Å². The first kappa shape index (κ1) is 14.7. The van der Waals surface area contributed by atoms with Gasteiger partial charge in [-0.25, -0.2) is 19.3 Å². The minimum absolute atomic E-state index is 0.0303. The first-order chi connectivity index (χ1) is 10.6. The van der Waals surface area contributed by atoms with Crippen molar-refractivity contribution in [3.05, 3.63) is 35.1 Å². The molecule has 0 amide bonds. The highest BCUT2D eigenvalue weighted by atomic mass is 35.5. The van der Waals surface area contributed by atoms with Gasteiger partial charge in [-0.1, -0.05) is 11.3 Å². The van der Waals surface area contributed by atoms with E-state index in [-0.39, 0.29) is 27.5 Å². The number of hydrogen-bond acceptors (Lipinski definition) is 7. The van der Waals surface area contributed by atoms with Crippen LogP contribution in [0.1, 0.15) is 5.69 Å². The molecule has 0 aliphatic carbocycles. The lowest BCUT2D eigenvalue weighted by atomic mass is 10.3. The fourth-order valence-electron chi connectivity index (χ4n) is 1.88. The molecule has 9 heteroatoms. The number of nitrogens with two attached hydrogens (primary N) is 1. The average molecular weight is 341 g/mol. The zero-order chi connectivity index (χ0) is 15.7. The molecule has 2 aromatic heterocycles. The Kier molecular flexibility index (Phi) is 3.95. The van der Waals surface area contributed by atoms with Gasteiger partial charge in [-0.05, 0) is 17.7 Å². The van der Waals surface area contributed by atoms with Crippen molar-refractivity contribution in [2.24, 2.45) is 0 Å². The van der Waals surface area contributed by atoms with Gasteiger partial charge in [-0.15, -0.1) is 0 Å². The molecule has 0 saturated carbocycles. The van der Waals surface area contributed by atoms with Gasteiger partial charge in [-0.3, -0.25) is 0 Å². The van der Waals surface area contributed by atoms with Crippen molar-refractivity contribution < 1.29 is 13.9 Å². The number of benzene rings is 1. The zero-order valence-corrected chi connectivity index (χ0v) is 12.9. The standard InChI is InChI=1S/C13H10ClFN4O2S/c1-20-8-4-7(9(15)11-10(8)19-13(16)22-11)21-5-6-2-3-17-12(14)18-6/h2-4H,5H2,1H3,(H2,16,19). The molecule has 114 valence electrons. The van der Waals surface area contributed by atoms with Crippen molar-refractivity contribution in [1.82, 2.24) is 15.0 Å². The molecule has 0 aliphatic heterocycles. The van der Waals surface area contributed by atoms with E-state index in [0.29, 0.717) is 17.0 Å². The number of halogens is 2. The van der Waals surface area contributed by atoms with E-state index in [9.17, 15) is 4.39 Å². The summed E-state index contributed by atoms with van der Waals surface area (Å²) >= 11 is 6.73. The first-order valence-corrected chi connectivity index (χ1v) is 7.30. The van der Waals surface area contributed by atoms with Gasteiger partial charge in [0.25, 0.3) is 0 Å². The number of anilines is 1. The molecule has 3 aromatic rings. The molecule has 0 aliphatic rings. The smallest absolute Gasteiger partial charge is 0.222 e. The predicted molar refractivity (Wildman–Crippen MR) is 81.9 cm³/mol. The number of aromatic nitrogens is 3. The second-order valence-electron chi connectivity index (χ2n) is 4.23. The SMILES string of the molecule is COc1cc(OCc2ccnc(Cl)n2)c(F)c2sc(N)nc12. The van der Waals surface area contributed by atoms with Crippen molar-refractivity contribution >= 4 is 38.3 Å². The number of rotatable bonds is 4. The number of ether oxygens (including phenoxy) is 2. The van der Waals surface area contributed by atoms with Crippen LogP contribution in [0.3, 0.4) is 0 Å². The normalized spacial score (nSPS) is 10.9. The lowest BCUT2D eigenvalue weighted by Crippen LogP contribution is -2.01. The summed E-state index contributed by atoms with van der Waals surface area (Å²) in [5.74, 6) is -0.118. The molecular formula is C13H10ClFN4O2S. The summed E-state index contributed by atoms with van der Waals surface area (Å²) in [6.07, 6.45) is 1.50. The van der Waals surface area contributed by atoms with Crippen LogP contribution in [0.2, 0.25) is 5.28 Å². The highest BCUT2D eigenvalue weighted by Gasteiger charge is 2.18. The van der Waals surface area contributed by atoms with Crippen molar-refractivity contribution in [2.45, 2.75) is 6.61 Å². The van der Waals surface area contributed by atoms with Crippen molar-refractivity contribution in [3.63, 3.8) is 0 Å². The number of thiazole rings is 1. The van der Waals surface area contributed by atoms with Crippen LogP contribution >= 0.6 is 22.9 Å². The molecule has 0 bridgehead atoms. The summed E-state index contributed by atoms with van der Waals surface area (Å²) < 4.78 is 25.4. The van der Waals surface area contributed by atoms with Crippen LogP contribution < -0.4 is 15.2 Å². The van der Waals surface area contributed by atoms with Crippen LogP contribution in [-0.2, 0) is 6.61 Å². The highest BCUT2D eigenvalue weighted by molar-refractivity contribution is 7.22. The lowest BCUT2D eigenvalue weighted by molar-refractivity contribution is 0.285. The Morgan fingerprint density at radius 2 is 2.18 bits per heavy atom. The predicted octanol–water partition coefficient (Wildman–Crippen LogP) is 3.05. The largest absolute Gasteiger partial charge is 0.494 e.